The van der Waals surface area contributed by atoms with Crippen LogP contribution >= 0.6 is 11.3 Å². The van der Waals surface area contributed by atoms with Gasteiger partial charge in [-0.05, 0) is 37.1 Å². The van der Waals surface area contributed by atoms with Gasteiger partial charge < -0.3 is 10.0 Å². The minimum Gasteiger partial charge on any atom is -0.481 e. The van der Waals surface area contributed by atoms with Crippen LogP contribution in [0.2, 0.25) is 0 Å². The van der Waals surface area contributed by atoms with Crippen LogP contribution in [0.5, 0.6) is 0 Å². The summed E-state index contributed by atoms with van der Waals surface area (Å²) in [5.41, 5.74) is 0. The minimum atomic E-state index is -0.788. The maximum absolute atomic E-state index is 12.3. The second kappa shape index (κ2) is 6.00. The number of rotatable bonds is 4. The van der Waals surface area contributed by atoms with Crippen molar-refractivity contribution >= 4 is 23.2 Å². The molecule has 98 valence electrons. The highest BCUT2D eigenvalue weighted by molar-refractivity contribution is 7.12. The molecule has 0 aliphatic carbocycles. The first-order chi connectivity index (χ1) is 8.68. The Morgan fingerprint density at radius 3 is 2.94 bits per heavy atom. The molecule has 1 saturated heterocycles. The second-order valence-corrected chi connectivity index (χ2v) is 5.51. The number of hydrogen-bond acceptors (Lipinski definition) is 3. The van der Waals surface area contributed by atoms with Gasteiger partial charge >= 0.3 is 5.97 Å². The summed E-state index contributed by atoms with van der Waals surface area (Å²) in [6, 6.07) is 3.79. The van der Waals surface area contributed by atoms with Gasteiger partial charge in [0.05, 0.1) is 4.88 Å². The molecule has 1 N–H and O–H groups in total. The first kappa shape index (κ1) is 13.1. The molecular weight excluding hydrogens is 250 g/mol. The SMILES string of the molecule is O=C(O)CC[C@H]1CCCCN1C(=O)c1cccs1. The van der Waals surface area contributed by atoms with E-state index in [0.29, 0.717) is 6.42 Å². The number of carbonyl (C=O) groups is 2. The van der Waals surface area contributed by atoms with Crippen molar-refractivity contribution in [3.05, 3.63) is 22.4 Å². The Kier molecular flexibility index (Phi) is 4.36. The quantitative estimate of drug-likeness (QED) is 0.912. The largest absolute Gasteiger partial charge is 0.481 e. The predicted molar refractivity (Wildman–Crippen MR) is 69.9 cm³/mol. The zero-order valence-electron chi connectivity index (χ0n) is 10.2. The summed E-state index contributed by atoms with van der Waals surface area (Å²) in [6.45, 7) is 0.751. The highest BCUT2D eigenvalue weighted by Gasteiger charge is 2.28. The predicted octanol–water partition coefficient (Wildman–Crippen LogP) is 2.61. The van der Waals surface area contributed by atoms with Gasteiger partial charge in [0.25, 0.3) is 5.91 Å². The van der Waals surface area contributed by atoms with Crippen molar-refractivity contribution < 1.29 is 14.7 Å². The summed E-state index contributed by atoms with van der Waals surface area (Å²) in [5.74, 6) is -0.732. The van der Waals surface area contributed by atoms with Crippen LogP contribution in [0.4, 0.5) is 0 Å². The molecule has 0 spiro atoms. The number of carboxylic acid groups (broad SMARTS) is 1. The third kappa shape index (κ3) is 3.10. The van der Waals surface area contributed by atoms with E-state index in [1.54, 1.807) is 0 Å². The number of hydrogen-bond donors (Lipinski definition) is 1. The monoisotopic (exact) mass is 267 g/mol. The molecule has 18 heavy (non-hydrogen) atoms. The topological polar surface area (TPSA) is 57.6 Å². The number of piperidine rings is 1. The molecule has 1 aromatic heterocycles. The lowest BCUT2D eigenvalue weighted by molar-refractivity contribution is -0.137. The van der Waals surface area contributed by atoms with E-state index in [-0.39, 0.29) is 18.4 Å². The number of nitrogens with zero attached hydrogens (tertiary/aromatic N) is 1. The van der Waals surface area contributed by atoms with Crippen molar-refractivity contribution in [3.8, 4) is 0 Å². The lowest BCUT2D eigenvalue weighted by Gasteiger charge is -2.35. The average molecular weight is 267 g/mol. The van der Waals surface area contributed by atoms with Crippen molar-refractivity contribution in [3.63, 3.8) is 0 Å². The molecule has 0 radical (unpaired) electrons. The van der Waals surface area contributed by atoms with E-state index in [2.05, 4.69) is 0 Å². The van der Waals surface area contributed by atoms with Gasteiger partial charge in [-0.3, -0.25) is 9.59 Å². The Bertz CT molecular complexity index is 416. The van der Waals surface area contributed by atoms with Gasteiger partial charge in [0.1, 0.15) is 0 Å². The van der Waals surface area contributed by atoms with Crippen molar-refractivity contribution in [2.24, 2.45) is 0 Å². The van der Waals surface area contributed by atoms with E-state index in [0.717, 1.165) is 30.7 Å². The fourth-order valence-corrected chi connectivity index (χ4v) is 3.08. The normalized spacial score (nSPS) is 19.8. The number of carboxylic acids is 1. The molecule has 1 atom stereocenters. The zero-order valence-corrected chi connectivity index (χ0v) is 11.0. The Hall–Kier alpha value is -1.36. The molecule has 0 saturated carbocycles. The molecule has 1 fully saturated rings. The van der Waals surface area contributed by atoms with Crippen LogP contribution in [0, 0.1) is 0 Å². The molecule has 2 heterocycles. The third-order valence-corrected chi connectivity index (χ3v) is 4.17. The minimum absolute atomic E-state index is 0.0556. The van der Waals surface area contributed by atoms with Crippen LogP contribution < -0.4 is 0 Å². The van der Waals surface area contributed by atoms with Gasteiger partial charge in [0.2, 0.25) is 0 Å². The maximum atomic E-state index is 12.3. The van der Waals surface area contributed by atoms with Crippen LogP contribution in [-0.2, 0) is 4.79 Å². The molecule has 1 aliphatic heterocycles. The van der Waals surface area contributed by atoms with Crippen molar-refractivity contribution in [2.75, 3.05) is 6.54 Å². The third-order valence-electron chi connectivity index (χ3n) is 3.31. The van der Waals surface area contributed by atoms with Crippen LogP contribution in [0.1, 0.15) is 41.8 Å². The lowest BCUT2D eigenvalue weighted by atomic mass is 9.97. The van der Waals surface area contributed by atoms with Crippen molar-refractivity contribution in [2.45, 2.75) is 38.1 Å². The van der Waals surface area contributed by atoms with E-state index in [1.807, 2.05) is 22.4 Å². The van der Waals surface area contributed by atoms with Crippen molar-refractivity contribution in [1.29, 1.82) is 0 Å². The summed E-state index contributed by atoms with van der Waals surface area (Å²) in [7, 11) is 0. The van der Waals surface area contributed by atoms with E-state index in [4.69, 9.17) is 5.11 Å². The number of likely N-dealkylation sites (tertiary alicyclic amines) is 1. The standard InChI is InChI=1S/C13H17NO3S/c15-12(16)7-6-10-4-1-2-8-14(10)13(17)11-5-3-9-18-11/h3,5,9-10H,1-2,4,6-8H2,(H,15,16)/t10-/m1/s1. The summed E-state index contributed by atoms with van der Waals surface area (Å²) in [6.07, 6.45) is 3.72. The summed E-state index contributed by atoms with van der Waals surface area (Å²) < 4.78 is 0. The van der Waals surface area contributed by atoms with Crippen LogP contribution in [0.3, 0.4) is 0 Å². The van der Waals surface area contributed by atoms with E-state index in [1.165, 1.54) is 11.3 Å². The van der Waals surface area contributed by atoms with E-state index < -0.39 is 5.97 Å². The highest BCUT2D eigenvalue weighted by Crippen LogP contribution is 2.24. The van der Waals surface area contributed by atoms with Gasteiger partial charge in [-0.2, -0.15) is 0 Å². The Morgan fingerprint density at radius 2 is 2.28 bits per heavy atom. The Balaban J connectivity index is 2.03. The van der Waals surface area contributed by atoms with Gasteiger partial charge in [-0.1, -0.05) is 6.07 Å². The average Bonchev–Trinajstić information content (AvgIpc) is 2.89. The molecule has 1 amide bonds. The number of amides is 1. The first-order valence-corrected chi connectivity index (χ1v) is 7.12. The van der Waals surface area contributed by atoms with Crippen LogP contribution in [-0.4, -0.2) is 34.5 Å². The van der Waals surface area contributed by atoms with Gasteiger partial charge in [0, 0.05) is 19.0 Å². The smallest absolute Gasteiger partial charge is 0.303 e. The molecule has 2 rings (SSSR count). The van der Waals surface area contributed by atoms with E-state index >= 15 is 0 Å². The maximum Gasteiger partial charge on any atom is 0.303 e. The fraction of sp³-hybridized carbons (Fsp3) is 0.538. The summed E-state index contributed by atoms with van der Waals surface area (Å²) >= 11 is 1.44. The lowest BCUT2D eigenvalue weighted by Crippen LogP contribution is -2.43. The molecule has 1 aliphatic rings. The molecule has 0 bridgehead atoms. The summed E-state index contributed by atoms with van der Waals surface area (Å²) in [4.78, 5) is 25.6. The van der Waals surface area contributed by atoms with Gasteiger partial charge in [-0.25, -0.2) is 0 Å². The molecule has 4 nitrogen and oxygen atoms in total. The van der Waals surface area contributed by atoms with Gasteiger partial charge in [0.15, 0.2) is 0 Å². The van der Waals surface area contributed by atoms with E-state index in [9.17, 15) is 9.59 Å². The number of carbonyl (C=O) groups excluding carboxylic acids is 1. The Labute approximate surface area is 110 Å². The van der Waals surface area contributed by atoms with Gasteiger partial charge in [-0.15, -0.1) is 11.3 Å². The first-order valence-electron chi connectivity index (χ1n) is 6.25. The molecule has 5 heteroatoms. The highest BCUT2D eigenvalue weighted by atomic mass is 32.1. The van der Waals surface area contributed by atoms with Crippen LogP contribution in [0.15, 0.2) is 17.5 Å². The van der Waals surface area contributed by atoms with Crippen molar-refractivity contribution in [1.82, 2.24) is 4.90 Å². The van der Waals surface area contributed by atoms with Crippen LogP contribution in [0.25, 0.3) is 0 Å². The molecule has 1 aromatic rings. The second-order valence-electron chi connectivity index (χ2n) is 4.56. The fourth-order valence-electron chi connectivity index (χ4n) is 2.40. The molecule has 0 aromatic carbocycles. The molecular formula is C13H17NO3S. The molecule has 0 unspecified atom stereocenters. The number of thiophene rings is 1. The Morgan fingerprint density at radius 1 is 1.44 bits per heavy atom. The zero-order chi connectivity index (χ0) is 13.0. The number of aliphatic carboxylic acids is 1. The summed E-state index contributed by atoms with van der Waals surface area (Å²) in [5, 5.41) is 10.6.